The molecule has 8 heteroatoms. The number of aromatic nitrogens is 6. The van der Waals surface area contributed by atoms with Gasteiger partial charge in [-0.3, -0.25) is 19.2 Å². The van der Waals surface area contributed by atoms with Crippen LogP contribution in [0.5, 0.6) is 0 Å². The predicted molar refractivity (Wildman–Crippen MR) is 110 cm³/mol. The number of hydrogen-bond acceptors (Lipinski definition) is 6. The molecule has 2 saturated carbocycles. The molecule has 29 heavy (non-hydrogen) atoms. The molecule has 0 spiro atoms. The summed E-state index contributed by atoms with van der Waals surface area (Å²) in [4.78, 5) is 14.8. The Labute approximate surface area is 173 Å². The first-order valence-electron chi connectivity index (χ1n) is 11.1. The molecular weight excluding hydrogens is 364 g/mol. The summed E-state index contributed by atoms with van der Waals surface area (Å²) in [5, 5.41) is 9.31. The summed E-state index contributed by atoms with van der Waals surface area (Å²) >= 11 is 0. The average Bonchev–Trinajstić information content (AvgIpc) is 3.57. The zero-order valence-corrected chi connectivity index (χ0v) is 18.5. The molecule has 3 heterocycles. The first-order valence-corrected chi connectivity index (χ1v) is 11.1. The van der Waals surface area contributed by atoms with Crippen molar-refractivity contribution in [3.8, 4) is 0 Å². The molecular formula is C21H34N8. The maximum absolute atomic E-state index is 4.85. The summed E-state index contributed by atoms with van der Waals surface area (Å²) in [5.41, 5.74) is 0.0656. The van der Waals surface area contributed by atoms with Gasteiger partial charge in [0.15, 0.2) is 11.6 Å². The zero-order valence-electron chi connectivity index (χ0n) is 18.5. The van der Waals surface area contributed by atoms with Gasteiger partial charge in [0.1, 0.15) is 11.6 Å². The standard InChI is InChI=1S/C21H34N8/c1-14-10-29(12-18-23-20(16-8-9-16)25-27(18)5)21(2,3)13-28(14)11-17-22-19(15-6-7-15)24-26(17)4/h14-16H,6-13H2,1-5H3/t14-/m0/s1. The van der Waals surface area contributed by atoms with Gasteiger partial charge in [0.05, 0.1) is 13.1 Å². The number of hydrogen-bond donors (Lipinski definition) is 0. The molecule has 0 unspecified atom stereocenters. The Kier molecular flexibility index (Phi) is 4.55. The molecule has 158 valence electrons. The second kappa shape index (κ2) is 6.87. The van der Waals surface area contributed by atoms with Crippen molar-refractivity contribution < 1.29 is 0 Å². The third kappa shape index (κ3) is 3.84. The minimum atomic E-state index is 0.0656. The van der Waals surface area contributed by atoms with E-state index in [2.05, 4.69) is 40.8 Å². The second-order valence-electron chi connectivity index (χ2n) is 10.0. The van der Waals surface area contributed by atoms with Crippen molar-refractivity contribution >= 4 is 0 Å². The second-order valence-corrected chi connectivity index (χ2v) is 10.0. The van der Waals surface area contributed by atoms with Crippen molar-refractivity contribution in [1.82, 2.24) is 39.3 Å². The quantitative estimate of drug-likeness (QED) is 0.743. The van der Waals surface area contributed by atoms with Crippen molar-refractivity contribution in [2.45, 2.75) is 83.0 Å². The average molecular weight is 399 g/mol. The fraction of sp³-hybridized carbons (Fsp3) is 0.810. The van der Waals surface area contributed by atoms with Crippen LogP contribution in [0, 0.1) is 0 Å². The number of rotatable bonds is 6. The van der Waals surface area contributed by atoms with E-state index in [1.54, 1.807) is 0 Å². The lowest BCUT2D eigenvalue weighted by atomic mass is 9.95. The van der Waals surface area contributed by atoms with Crippen LogP contribution in [-0.4, -0.2) is 64.0 Å². The molecule has 1 aliphatic heterocycles. The highest BCUT2D eigenvalue weighted by atomic mass is 15.4. The van der Waals surface area contributed by atoms with Crippen LogP contribution < -0.4 is 0 Å². The summed E-state index contributed by atoms with van der Waals surface area (Å²) in [5.74, 6) is 5.47. The third-order valence-electron chi connectivity index (χ3n) is 6.86. The number of aryl methyl sites for hydroxylation is 2. The number of nitrogens with zero attached hydrogens (tertiary/aromatic N) is 8. The van der Waals surface area contributed by atoms with E-state index in [-0.39, 0.29) is 5.54 Å². The van der Waals surface area contributed by atoms with E-state index in [9.17, 15) is 0 Å². The molecule has 2 aliphatic carbocycles. The maximum Gasteiger partial charge on any atom is 0.154 e. The van der Waals surface area contributed by atoms with Gasteiger partial charge >= 0.3 is 0 Å². The minimum absolute atomic E-state index is 0.0656. The Morgan fingerprint density at radius 2 is 1.38 bits per heavy atom. The Morgan fingerprint density at radius 1 is 0.862 bits per heavy atom. The van der Waals surface area contributed by atoms with Gasteiger partial charge in [-0.15, -0.1) is 0 Å². The highest BCUT2D eigenvalue weighted by Gasteiger charge is 2.39. The van der Waals surface area contributed by atoms with Crippen molar-refractivity contribution in [3.05, 3.63) is 23.3 Å². The van der Waals surface area contributed by atoms with Crippen molar-refractivity contribution in [2.24, 2.45) is 14.1 Å². The molecule has 5 rings (SSSR count). The van der Waals surface area contributed by atoms with E-state index in [1.807, 2.05) is 23.5 Å². The Morgan fingerprint density at radius 3 is 1.90 bits per heavy atom. The third-order valence-corrected chi connectivity index (χ3v) is 6.86. The topological polar surface area (TPSA) is 67.9 Å². The van der Waals surface area contributed by atoms with E-state index >= 15 is 0 Å². The molecule has 0 N–H and O–H groups in total. The van der Waals surface area contributed by atoms with Crippen molar-refractivity contribution in [3.63, 3.8) is 0 Å². The largest absolute Gasteiger partial charge is 0.290 e. The molecule has 1 saturated heterocycles. The van der Waals surface area contributed by atoms with E-state index in [4.69, 9.17) is 9.97 Å². The van der Waals surface area contributed by atoms with Crippen molar-refractivity contribution in [2.75, 3.05) is 13.1 Å². The van der Waals surface area contributed by atoms with Crippen LogP contribution in [0.4, 0.5) is 0 Å². The molecule has 3 aliphatic rings. The van der Waals surface area contributed by atoms with Gasteiger partial charge < -0.3 is 0 Å². The zero-order chi connectivity index (χ0) is 20.3. The summed E-state index contributed by atoms with van der Waals surface area (Å²) in [6.07, 6.45) is 4.98. The normalized spacial score (nSPS) is 25.6. The Bertz CT molecular complexity index is 889. The van der Waals surface area contributed by atoms with Crippen LogP contribution in [0.1, 0.15) is 81.6 Å². The molecule has 2 aromatic heterocycles. The van der Waals surface area contributed by atoms with Gasteiger partial charge in [0.25, 0.3) is 0 Å². The molecule has 0 aromatic carbocycles. The molecule has 2 aromatic rings. The van der Waals surface area contributed by atoms with Crippen LogP contribution in [0.2, 0.25) is 0 Å². The monoisotopic (exact) mass is 398 g/mol. The summed E-state index contributed by atoms with van der Waals surface area (Å²) in [6.45, 7) is 10.8. The van der Waals surface area contributed by atoms with Crippen LogP contribution in [0.15, 0.2) is 0 Å². The SMILES string of the molecule is C[C@H]1CN(Cc2nc(C3CC3)nn2C)C(C)(C)CN1Cc1nc(C2CC2)nn1C. The van der Waals surface area contributed by atoms with E-state index in [0.29, 0.717) is 17.9 Å². The smallest absolute Gasteiger partial charge is 0.154 e. The molecule has 3 fully saturated rings. The lowest BCUT2D eigenvalue weighted by molar-refractivity contribution is -0.0245. The molecule has 0 amide bonds. The van der Waals surface area contributed by atoms with Gasteiger partial charge in [-0.1, -0.05) is 0 Å². The molecule has 1 atom stereocenters. The lowest BCUT2D eigenvalue weighted by Crippen LogP contribution is -2.62. The van der Waals surface area contributed by atoms with E-state index in [0.717, 1.165) is 49.5 Å². The van der Waals surface area contributed by atoms with Crippen LogP contribution in [-0.2, 0) is 27.2 Å². The van der Waals surface area contributed by atoms with Crippen molar-refractivity contribution in [1.29, 1.82) is 0 Å². The van der Waals surface area contributed by atoms with Gasteiger partial charge in [-0.25, -0.2) is 9.97 Å². The fourth-order valence-electron chi connectivity index (χ4n) is 4.46. The first-order chi connectivity index (χ1) is 13.8. The van der Waals surface area contributed by atoms with E-state index < -0.39 is 0 Å². The Balaban J connectivity index is 1.27. The Hall–Kier alpha value is -1.80. The van der Waals surface area contributed by atoms with Crippen LogP contribution >= 0.6 is 0 Å². The van der Waals surface area contributed by atoms with Gasteiger partial charge in [-0.05, 0) is 46.5 Å². The summed E-state index contributed by atoms with van der Waals surface area (Å²) in [6, 6.07) is 0.459. The van der Waals surface area contributed by atoms with Gasteiger partial charge in [0, 0.05) is 50.6 Å². The molecule has 0 radical (unpaired) electrons. The lowest BCUT2D eigenvalue weighted by Gasteiger charge is -2.50. The van der Waals surface area contributed by atoms with Gasteiger partial charge in [-0.2, -0.15) is 10.2 Å². The first kappa shape index (κ1) is 19.2. The van der Waals surface area contributed by atoms with Gasteiger partial charge in [0.2, 0.25) is 0 Å². The predicted octanol–water partition coefficient (Wildman–Crippen LogP) is 2.18. The molecule has 8 nitrogen and oxygen atoms in total. The highest BCUT2D eigenvalue weighted by Crippen LogP contribution is 2.39. The summed E-state index contributed by atoms with van der Waals surface area (Å²) < 4.78 is 3.97. The highest BCUT2D eigenvalue weighted by molar-refractivity contribution is 5.08. The minimum Gasteiger partial charge on any atom is -0.290 e. The van der Waals surface area contributed by atoms with Crippen LogP contribution in [0.3, 0.4) is 0 Å². The summed E-state index contributed by atoms with van der Waals surface area (Å²) in [7, 11) is 4.07. The maximum atomic E-state index is 4.85. The molecule has 0 bridgehead atoms. The fourth-order valence-corrected chi connectivity index (χ4v) is 4.46. The van der Waals surface area contributed by atoms with Crippen LogP contribution in [0.25, 0.3) is 0 Å². The number of piperazine rings is 1. The van der Waals surface area contributed by atoms with E-state index in [1.165, 1.54) is 25.7 Å².